The van der Waals surface area contributed by atoms with Gasteiger partial charge in [0.1, 0.15) is 0 Å². The molecule has 1 aliphatic rings. The second-order valence-corrected chi connectivity index (χ2v) is 7.42. The summed E-state index contributed by atoms with van der Waals surface area (Å²) < 4.78 is 0. The van der Waals surface area contributed by atoms with Gasteiger partial charge in [0.2, 0.25) is 5.91 Å². The molecule has 3 rings (SSSR count). The van der Waals surface area contributed by atoms with Gasteiger partial charge in [-0.05, 0) is 49.6 Å². The molecule has 0 atom stereocenters. The molecule has 1 aromatic carbocycles. The minimum absolute atomic E-state index is 0.0990. The number of pyridine rings is 1. The zero-order chi connectivity index (χ0) is 20.3. The number of benzene rings is 1. The molecule has 6 heteroatoms. The molecular weight excluding hydrogens is 364 g/mol. The Morgan fingerprint density at radius 1 is 0.966 bits per heavy atom. The summed E-state index contributed by atoms with van der Waals surface area (Å²) in [6.45, 7) is 5.11. The molecule has 0 unspecified atom stereocenters. The maximum atomic E-state index is 12.5. The van der Waals surface area contributed by atoms with Gasteiger partial charge < -0.3 is 10.2 Å². The van der Waals surface area contributed by atoms with Crippen molar-refractivity contribution in [3.8, 4) is 0 Å². The lowest BCUT2D eigenvalue weighted by atomic mass is 10.1. The number of aryl methyl sites for hydroxylation is 1. The highest BCUT2D eigenvalue weighted by atomic mass is 16.2. The van der Waals surface area contributed by atoms with Gasteiger partial charge in [-0.15, -0.1) is 0 Å². The molecule has 0 radical (unpaired) electrons. The predicted molar refractivity (Wildman–Crippen MR) is 114 cm³/mol. The van der Waals surface area contributed by atoms with Crippen molar-refractivity contribution in [2.45, 2.75) is 25.7 Å². The summed E-state index contributed by atoms with van der Waals surface area (Å²) in [6, 6.07) is 13.4. The standard InChI is InChI=1S/C23H30N4O2/c28-22(11-10-20-7-6-12-24-19-20)25-13-4-5-14-26-15-17-27(18-16-26)23(29)21-8-2-1-3-9-21/h1-3,6-9,12,19H,4-5,10-11,13-18H2,(H,25,28). The second kappa shape index (κ2) is 11.3. The molecule has 1 aliphatic heterocycles. The minimum Gasteiger partial charge on any atom is -0.356 e. The average Bonchev–Trinajstić information content (AvgIpc) is 2.79. The fourth-order valence-corrected chi connectivity index (χ4v) is 3.52. The van der Waals surface area contributed by atoms with Gasteiger partial charge in [-0.25, -0.2) is 0 Å². The number of carbonyl (C=O) groups is 2. The number of unbranched alkanes of at least 4 members (excludes halogenated alkanes) is 1. The van der Waals surface area contributed by atoms with Gasteiger partial charge >= 0.3 is 0 Å². The van der Waals surface area contributed by atoms with Crippen molar-refractivity contribution in [2.24, 2.45) is 0 Å². The summed E-state index contributed by atoms with van der Waals surface area (Å²) in [6.07, 6.45) is 6.80. The zero-order valence-corrected chi connectivity index (χ0v) is 16.9. The molecule has 2 heterocycles. The van der Waals surface area contributed by atoms with Crippen molar-refractivity contribution in [3.63, 3.8) is 0 Å². The van der Waals surface area contributed by atoms with Gasteiger partial charge in [-0.2, -0.15) is 0 Å². The van der Waals surface area contributed by atoms with Crippen LogP contribution in [0.2, 0.25) is 0 Å². The van der Waals surface area contributed by atoms with E-state index in [9.17, 15) is 9.59 Å². The van der Waals surface area contributed by atoms with Gasteiger partial charge in [0.25, 0.3) is 5.91 Å². The number of hydrogen-bond acceptors (Lipinski definition) is 4. The third-order valence-electron chi connectivity index (χ3n) is 5.27. The SMILES string of the molecule is O=C(CCc1cccnc1)NCCCCN1CCN(C(=O)c2ccccc2)CC1. The molecule has 0 spiro atoms. The topological polar surface area (TPSA) is 65.5 Å². The van der Waals surface area contributed by atoms with Gasteiger partial charge in [-0.3, -0.25) is 19.5 Å². The van der Waals surface area contributed by atoms with E-state index < -0.39 is 0 Å². The van der Waals surface area contributed by atoms with E-state index in [-0.39, 0.29) is 11.8 Å². The Hall–Kier alpha value is -2.73. The lowest BCUT2D eigenvalue weighted by molar-refractivity contribution is -0.121. The van der Waals surface area contributed by atoms with Gasteiger partial charge in [0.05, 0.1) is 0 Å². The Morgan fingerprint density at radius 3 is 2.48 bits per heavy atom. The van der Waals surface area contributed by atoms with Crippen LogP contribution in [0.1, 0.15) is 35.2 Å². The van der Waals surface area contributed by atoms with Crippen molar-refractivity contribution >= 4 is 11.8 Å². The van der Waals surface area contributed by atoms with Crippen LogP contribution >= 0.6 is 0 Å². The van der Waals surface area contributed by atoms with E-state index in [1.807, 2.05) is 47.4 Å². The lowest BCUT2D eigenvalue weighted by Crippen LogP contribution is -2.48. The molecule has 1 N–H and O–H groups in total. The highest BCUT2D eigenvalue weighted by Crippen LogP contribution is 2.09. The number of nitrogens with zero attached hydrogens (tertiary/aromatic N) is 3. The largest absolute Gasteiger partial charge is 0.356 e. The van der Waals surface area contributed by atoms with E-state index in [4.69, 9.17) is 0 Å². The van der Waals surface area contributed by atoms with Crippen molar-refractivity contribution in [3.05, 3.63) is 66.0 Å². The smallest absolute Gasteiger partial charge is 0.253 e. The molecule has 0 bridgehead atoms. The van der Waals surface area contributed by atoms with Crippen molar-refractivity contribution < 1.29 is 9.59 Å². The number of hydrogen-bond donors (Lipinski definition) is 1. The number of piperazine rings is 1. The fraction of sp³-hybridized carbons (Fsp3) is 0.435. The van der Waals surface area contributed by atoms with Crippen LogP contribution in [0.4, 0.5) is 0 Å². The molecule has 2 amide bonds. The number of aromatic nitrogens is 1. The van der Waals surface area contributed by atoms with E-state index in [1.54, 1.807) is 12.4 Å². The highest BCUT2D eigenvalue weighted by molar-refractivity contribution is 5.94. The van der Waals surface area contributed by atoms with E-state index in [2.05, 4.69) is 15.2 Å². The Morgan fingerprint density at radius 2 is 1.76 bits per heavy atom. The Balaban J connectivity index is 1.24. The van der Waals surface area contributed by atoms with Crippen LogP contribution in [-0.4, -0.2) is 65.9 Å². The van der Waals surface area contributed by atoms with E-state index >= 15 is 0 Å². The summed E-state index contributed by atoms with van der Waals surface area (Å²) in [4.78, 5) is 32.8. The van der Waals surface area contributed by atoms with E-state index in [1.165, 1.54) is 0 Å². The van der Waals surface area contributed by atoms with Crippen LogP contribution in [0.25, 0.3) is 0 Å². The first-order chi connectivity index (χ1) is 14.2. The minimum atomic E-state index is 0.0990. The van der Waals surface area contributed by atoms with Gasteiger partial charge in [-0.1, -0.05) is 24.3 Å². The predicted octanol–water partition coefficient (Wildman–Crippen LogP) is 2.37. The molecule has 1 fully saturated rings. The molecule has 29 heavy (non-hydrogen) atoms. The number of carbonyl (C=O) groups excluding carboxylic acids is 2. The third kappa shape index (κ3) is 6.98. The molecule has 1 saturated heterocycles. The molecule has 0 saturated carbocycles. The van der Waals surface area contributed by atoms with Crippen LogP contribution in [0, 0.1) is 0 Å². The summed E-state index contributed by atoms with van der Waals surface area (Å²) in [5.41, 5.74) is 1.85. The van der Waals surface area contributed by atoms with E-state index in [0.717, 1.165) is 69.7 Å². The summed E-state index contributed by atoms with van der Waals surface area (Å²) in [5.74, 6) is 0.223. The Labute approximate surface area is 172 Å². The molecule has 6 nitrogen and oxygen atoms in total. The van der Waals surface area contributed by atoms with Crippen molar-refractivity contribution in [2.75, 3.05) is 39.3 Å². The zero-order valence-electron chi connectivity index (χ0n) is 16.9. The van der Waals surface area contributed by atoms with Crippen LogP contribution < -0.4 is 5.32 Å². The average molecular weight is 395 g/mol. The summed E-state index contributed by atoms with van der Waals surface area (Å²) in [7, 11) is 0. The first kappa shape index (κ1) is 21.0. The first-order valence-corrected chi connectivity index (χ1v) is 10.4. The van der Waals surface area contributed by atoms with Crippen molar-refractivity contribution in [1.29, 1.82) is 0 Å². The molecule has 0 aliphatic carbocycles. The monoisotopic (exact) mass is 394 g/mol. The van der Waals surface area contributed by atoms with Crippen LogP contribution in [0.15, 0.2) is 54.9 Å². The van der Waals surface area contributed by atoms with Crippen LogP contribution in [0.5, 0.6) is 0 Å². The fourth-order valence-electron chi connectivity index (χ4n) is 3.52. The summed E-state index contributed by atoms with van der Waals surface area (Å²) in [5, 5.41) is 3.00. The Kier molecular flexibility index (Phi) is 8.19. The molecule has 1 aromatic heterocycles. The molecular formula is C23H30N4O2. The first-order valence-electron chi connectivity index (χ1n) is 10.4. The maximum absolute atomic E-state index is 12.5. The van der Waals surface area contributed by atoms with E-state index in [0.29, 0.717) is 6.42 Å². The van der Waals surface area contributed by atoms with Crippen LogP contribution in [0.3, 0.4) is 0 Å². The lowest BCUT2D eigenvalue weighted by Gasteiger charge is -2.34. The Bertz CT molecular complexity index is 759. The molecule has 2 aromatic rings. The maximum Gasteiger partial charge on any atom is 0.253 e. The summed E-state index contributed by atoms with van der Waals surface area (Å²) >= 11 is 0. The second-order valence-electron chi connectivity index (χ2n) is 7.42. The number of nitrogens with one attached hydrogen (secondary N) is 1. The van der Waals surface area contributed by atoms with Crippen molar-refractivity contribution in [1.82, 2.24) is 20.1 Å². The van der Waals surface area contributed by atoms with Gasteiger partial charge in [0, 0.05) is 57.1 Å². The van der Waals surface area contributed by atoms with Crippen LogP contribution in [-0.2, 0) is 11.2 Å². The number of rotatable bonds is 9. The third-order valence-corrected chi connectivity index (χ3v) is 5.27. The highest BCUT2D eigenvalue weighted by Gasteiger charge is 2.21. The number of amides is 2. The molecule has 154 valence electrons. The normalized spacial score (nSPS) is 14.6. The quantitative estimate of drug-likeness (QED) is 0.663. The van der Waals surface area contributed by atoms with Gasteiger partial charge in [0.15, 0.2) is 0 Å².